The minimum Gasteiger partial charge on any atom is -0.485 e. The Morgan fingerprint density at radius 3 is 1.80 bits per heavy atom. The van der Waals surface area contributed by atoms with E-state index in [1.54, 1.807) is 0 Å². The first kappa shape index (κ1) is 31.4. The number of aromatic nitrogens is 3. The number of nitrogens with zero attached hydrogens (tertiary/aromatic N) is 3. The van der Waals surface area contributed by atoms with Crippen LogP contribution in [0.3, 0.4) is 0 Å². The van der Waals surface area contributed by atoms with Gasteiger partial charge >= 0.3 is 0 Å². The summed E-state index contributed by atoms with van der Waals surface area (Å²) in [5.41, 5.74) is 8.81. The van der Waals surface area contributed by atoms with E-state index in [-0.39, 0.29) is 12.0 Å². The molecule has 55 heavy (non-hydrogen) atoms. The molecule has 9 aromatic rings. The Labute approximate surface area is 318 Å². The Kier molecular flexibility index (Phi) is 7.27. The van der Waals surface area contributed by atoms with Gasteiger partial charge in [0, 0.05) is 22.3 Å². The summed E-state index contributed by atoms with van der Waals surface area (Å²) in [4.78, 5) is 15.5. The van der Waals surface area contributed by atoms with Crippen molar-refractivity contribution in [3.05, 3.63) is 199 Å². The molecule has 1 aliphatic carbocycles. The van der Waals surface area contributed by atoms with E-state index < -0.39 is 0 Å². The number of benzene rings is 8. The van der Waals surface area contributed by atoms with Crippen LogP contribution >= 0.6 is 0 Å². The van der Waals surface area contributed by atoms with Crippen LogP contribution in [0.5, 0.6) is 5.75 Å². The molecule has 1 aromatic heterocycles. The summed E-state index contributed by atoms with van der Waals surface area (Å²) in [5, 5.41) is 7.06. The molecule has 0 fully saturated rings. The van der Waals surface area contributed by atoms with Crippen molar-refractivity contribution in [2.75, 3.05) is 0 Å². The minimum absolute atomic E-state index is 0.0115. The molecule has 0 radical (unpaired) electrons. The molecule has 0 amide bonds. The molecule has 0 bridgehead atoms. The topological polar surface area (TPSA) is 47.9 Å². The molecule has 0 N–H and O–H groups in total. The number of ether oxygens (including phenoxy) is 1. The fourth-order valence-corrected chi connectivity index (χ4v) is 8.32. The van der Waals surface area contributed by atoms with Crippen molar-refractivity contribution in [2.45, 2.75) is 12.0 Å². The molecule has 4 heteroatoms. The first-order chi connectivity index (χ1) is 27.2. The summed E-state index contributed by atoms with van der Waals surface area (Å²) in [6, 6.07) is 59.9. The quantitative estimate of drug-likeness (QED) is 0.167. The molecular formula is C51H33N3O. The smallest absolute Gasteiger partial charge is 0.164 e. The lowest BCUT2D eigenvalue weighted by Gasteiger charge is -2.23. The number of fused-ring (bicyclic) bond motifs is 7. The van der Waals surface area contributed by atoms with Crippen molar-refractivity contribution in [2.24, 2.45) is 0 Å². The summed E-state index contributed by atoms with van der Waals surface area (Å²) in [6.45, 7) is 0. The van der Waals surface area contributed by atoms with Crippen molar-refractivity contribution < 1.29 is 4.74 Å². The largest absolute Gasteiger partial charge is 0.485 e. The highest BCUT2D eigenvalue weighted by Gasteiger charge is 2.36. The second-order valence-electron chi connectivity index (χ2n) is 14.4. The third-order valence-electron chi connectivity index (χ3n) is 11.1. The standard InChI is InChI=1S/C51H33N3O/c1-2-10-32(11-3-1)35-13-8-14-39(29-35)49-52-50(54-51(53-49)41-26-22-34-21-20-33-12-4-5-15-42(33)45(34)31-41)40-27-24-36-28-38(25-23-37(36)30-40)43-17-9-19-47-48(43)44-16-6-7-18-46(44)55-47/h1-31,47-48H. The monoisotopic (exact) mass is 703 g/mol. The molecule has 2 heterocycles. The average molecular weight is 704 g/mol. The maximum absolute atomic E-state index is 6.32. The van der Waals surface area contributed by atoms with E-state index in [2.05, 4.69) is 176 Å². The first-order valence-corrected chi connectivity index (χ1v) is 18.7. The lowest BCUT2D eigenvalue weighted by Crippen LogP contribution is -2.19. The summed E-state index contributed by atoms with van der Waals surface area (Å²) >= 11 is 0. The summed E-state index contributed by atoms with van der Waals surface area (Å²) < 4.78 is 6.32. The fourth-order valence-electron chi connectivity index (χ4n) is 8.32. The van der Waals surface area contributed by atoms with Crippen LogP contribution in [0.25, 0.3) is 83.2 Å². The van der Waals surface area contributed by atoms with Crippen LogP contribution in [0.15, 0.2) is 188 Å². The minimum atomic E-state index is 0.0115. The zero-order valence-corrected chi connectivity index (χ0v) is 29.8. The van der Waals surface area contributed by atoms with Crippen molar-refractivity contribution in [1.29, 1.82) is 0 Å². The van der Waals surface area contributed by atoms with Gasteiger partial charge in [-0.1, -0.05) is 152 Å². The van der Waals surface area contributed by atoms with Crippen LogP contribution in [0.2, 0.25) is 0 Å². The van der Waals surface area contributed by atoms with Crippen LogP contribution in [0.4, 0.5) is 0 Å². The lowest BCUT2D eigenvalue weighted by atomic mass is 9.81. The zero-order valence-electron chi connectivity index (χ0n) is 29.8. The van der Waals surface area contributed by atoms with Gasteiger partial charge in [0.05, 0.1) is 5.92 Å². The molecule has 0 saturated carbocycles. The second-order valence-corrected chi connectivity index (χ2v) is 14.4. The number of hydrogen-bond donors (Lipinski definition) is 0. The van der Waals surface area contributed by atoms with Crippen LogP contribution in [-0.4, -0.2) is 21.1 Å². The Balaban J connectivity index is 1.03. The van der Waals surface area contributed by atoms with Gasteiger partial charge in [-0.25, -0.2) is 15.0 Å². The number of allylic oxidation sites excluding steroid dienone is 2. The van der Waals surface area contributed by atoms with Gasteiger partial charge in [0.25, 0.3) is 0 Å². The number of hydrogen-bond acceptors (Lipinski definition) is 4. The predicted molar refractivity (Wildman–Crippen MR) is 225 cm³/mol. The molecule has 2 atom stereocenters. The second kappa shape index (κ2) is 12.8. The van der Waals surface area contributed by atoms with Crippen molar-refractivity contribution in [1.82, 2.24) is 15.0 Å². The average Bonchev–Trinajstić information content (AvgIpc) is 3.65. The normalized spacial score (nSPS) is 15.8. The molecule has 11 rings (SSSR count). The van der Waals surface area contributed by atoms with Crippen LogP contribution < -0.4 is 4.74 Å². The summed E-state index contributed by atoms with van der Waals surface area (Å²) in [5.74, 6) is 3.06. The third kappa shape index (κ3) is 5.50. The molecule has 0 spiro atoms. The molecule has 1 aliphatic heterocycles. The molecule has 2 unspecified atom stereocenters. The highest BCUT2D eigenvalue weighted by atomic mass is 16.5. The summed E-state index contributed by atoms with van der Waals surface area (Å²) in [6.07, 6.45) is 6.53. The Morgan fingerprint density at radius 2 is 0.982 bits per heavy atom. The molecule has 8 aromatic carbocycles. The molecular weight excluding hydrogens is 671 g/mol. The third-order valence-corrected chi connectivity index (χ3v) is 11.1. The fraction of sp³-hybridized carbons (Fsp3) is 0.0392. The predicted octanol–water partition coefficient (Wildman–Crippen LogP) is 12.5. The molecule has 258 valence electrons. The maximum atomic E-state index is 6.32. The molecule has 2 aliphatic rings. The zero-order chi connectivity index (χ0) is 36.3. The highest BCUT2D eigenvalue weighted by molar-refractivity contribution is 6.08. The lowest BCUT2D eigenvalue weighted by molar-refractivity contribution is 0.271. The Morgan fingerprint density at radius 1 is 0.400 bits per heavy atom. The van der Waals surface area contributed by atoms with E-state index in [1.807, 2.05) is 12.1 Å². The molecule has 4 nitrogen and oxygen atoms in total. The Bertz CT molecular complexity index is 3040. The van der Waals surface area contributed by atoms with Gasteiger partial charge < -0.3 is 4.74 Å². The summed E-state index contributed by atoms with van der Waals surface area (Å²) in [7, 11) is 0. The van der Waals surface area contributed by atoms with Crippen molar-refractivity contribution >= 4 is 37.9 Å². The number of rotatable bonds is 5. The van der Waals surface area contributed by atoms with Gasteiger partial charge in [0.1, 0.15) is 11.9 Å². The Hall–Kier alpha value is -7.17. The van der Waals surface area contributed by atoms with E-state index in [9.17, 15) is 0 Å². The van der Waals surface area contributed by atoms with Crippen molar-refractivity contribution in [3.63, 3.8) is 0 Å². The maximum Gasteiger partial charge on any atom is 0.164 e. The molecule has 0 saturated heterocycles. The van der Waals surface area contributed by atoms with E-state index in [4.69, 9.17) is 19.7 Å². The van der Waals surface area contributed by atoms with Crippen molar-refractivity contribution in [3.8, 4) is 51.0 Å². The van der Waals surface area contributed by atoms with Gasteiger partial charge in [-0.05, 0) is 91.0 Å². The van der Waals surface area contributed by atoms with E-state index >= 15 is 0 Å². The van der Waals surface area contributed by atoms with E-state index in [0.29, 0.717) is 17.5 Å². The van der Waals surface area contributed by atoms with Gasteiger partial charge in [0.2, 0.25) is 0 Å². The van der Waals surface area contributed by atoms with Crippen LogP contribution in [-0.2, 0) is 0 Å². The number of para-hydroxylation sites is 1. The van der Waals surface area contributed by atoms with Crippen LogP contribution in [0, 0.1) is 0 Å². The SMILES string of the molecule is C1=CC2Oc3ccccc3C2C(c2ccc3cc(-c4nc(-c5cccc(-c6ccccc6)c5)nc(-c5ccc6ccc7ccccc7c6c5)n4)ccc3c2)=C1. The van der Waals surface area contributed by atoms with Gasteiger partial charge in [0.15, 0.2) is 17.5 Å². The highest BCUT2D eigenvalue weighted by Crippen LogP contribution is 2.48. The van der Waals surface area contributed by atoms with Crippen LogP contribution in [0.1, 0.15) is 17.0 Å². The van der Waals surface area contributed by atoms with E-state index in [1.165, 1.54) is 38.2 Å². The van der Waals surface area contributed by atoms with E-state index in [0.717, 1.165) is 44.3 Å². The first-order valence-electron chi connectivity index (χ1n) is 18.7. The van der Waals surface area contributed by atoms with Gasteiger partial charge in [-0.15, -0.1) is 0 Å². The van der Waals surface area contributed by atoms with Gasteiger partial charge in [-0.2, -0.15) is 0 Å². The van der Waals surface area contributed by atoms with Gasteiger partial charge in [-0.3, -0.25) is 0 Å².